The summed E-state index contributed by atoms with van der Waals surface area (Å²) in [6.07, 6.45) is 0.463. The van der Waals surface area contributed by atoms with E-state index in [1.807, 2.05) is 0 Å². The Morgan fingerprint density at radius 3 is 2.88 bits per heavy atom. The van der Waals surface area contributed by atoms with Gasteiger partial charge >= 0.3 is 5.97 Å². The van der Waals surface area contributed by atoms with Gasteiger partial charge in [-0.05, 0) is 12.3 Å². The third-order valence-electron chi connectivity index (χ3n) is 4.15. The third-order valence-corrected chi connectivity index (χ3v) is 5.99. The number of sulfone groups is 1. The zero-order valence-electron chi connectivity index (χ0n) is 13.3. The summed E-state index contributed by atoms with van der Waals surface area (Å²) >= 11 is 0. The number of esters is 1. The minimum atomic E-state index is -3.05. The molecule has 9 nitrogen and oxygen atoms in total. The first-order valence-corrected chi connectivity index (χ1v) is 9.53. The van der Waals surface area contributed by atoms with Crippen LogP contribution in [0.5, 0.6) is 5.75 Å². The number of carbonyl (C=O) groups is 1. The molecule has 0 bridgehead atoms. The predicted molar refractivity (Wildman–Crippen MR) is 84.6 cm³/mol. The van der Waals surface area contributed by atoms with Gasteiger partial charge in [0.15, 0.2) is 16.6 Å². The second-order valence-electron chi connectivity index (χ2n) is 6.09. The van der Waals surface area contributed by atoms with Crippen molar-refractivity contribution in [2.45, 2.75) is 26.1 Å². The van der Waals surface area contributed by atoms with Crippen LogP contribution in [-0.2, 0) is 37.3 Å². The summed E-state index contributed by atoms with van der Waals surface area (Å²) in [5, 5.41) is 11.0. The van der Waals surface area contributed by atoms with Crippen LogP contribution in [0.2, 0.25) is 0 Å². The summed E-state index contributed by atoms with van der Waals surface area (Å²) in [6, 6.07) is 2.67. The summed E-state index contributed by atoms with van der Waals surface area (Å²) in [5.41, 5.74) is 0.772. The zero-order valence-corrected chi connectivity index (χ0v) is 14.1. The molecule has 0 spiro atoms. The largest absolute Gasteiger partial charge is 0.467 e. The fourth-order valence-electron chi connectivity index (χ4n) is 2.98. The average Bonchev–Trinajstić information content (AvgIpc) is 2.90. The van der Waals surface area contributed by atoms with Gasteiger partial charge in [-0.3, -0.25) is 14.9 Å². The van der Waals surface area contributed by atoms with Crippen molar-refractivity contribution >= 4 is 21.5 Å². The van der Waals surface area contributed by atoms with E-state index in [0.29, 0.717) is 23.3 Å². The van der Waals surface area contributed by atoms with Crippen LogP contribution in [0.25, 0.3) is 0 Å². The Balaban J connectivity index is 1.67. The van der Waals surface area contributed by atoms with Crippen molar-refractivity contribution in [3.05, 3.63) is 33.4 Å². The van der Waals surface area contributed by atoms with Crippen LogP contribution in [0.3, 0.4) is 0 Å². The number of hydrogen-bond acceptors (Lipinski definition) is 8. The molecule has 3 rings (SSSR count). The van der Waals surface area contributed by atoms with Crippen molar-refractivity contribution in [1.82, 2.24) is 0 Å². The fraction of sp³-hybridized carbons (Fsp3) is 0.533. The fourth-order valence-corrected chi connectivity index (χ4v) is 4.84. The van der Waals surface area contributed by atoms with E-state index in [9.17, 15) is 23.3 Å². The average molecular weight is 371 g/mol. The van der Waals surface area contributed by atoms with E-state index < -0.39 is 20.7 Å². The van der Waals surface area contributed by atoms with Crippen molar-refractivity contribution in [2.24, 2.45) is 5.92 Å². The Bertz CT molecular complexity index is 804. The molecule has 2 aliphatic rings. The number of nitrogens with zero attached hydrogens (tertiary/aromatic N) is 1. The van der Waals surface area contributed by atoms with Crippen LogP contribution < -0.4 is 4.74 Å². The maximum atomic E-state index is 12.0. The van der Waals surface area contributed by atoms with Crippen LogP contribution in [0.1, 0.15) is 24.0 Å². The third kappa shape index (κ3) is 4.26. The molecule has 0 aliphatic carbocycles. The van der Waals surface area contributed by atoms with Gasteiger partial charge < -0.3 is 14.2 Å². The first-order valence-electron chi connectivity index (χ1n) is 7.71. The van der Waals surface area contributed by atoms with Gasteiger partial charge in [0.05, 0.1) is 23.0 Å². The number of benzene rings is 1. The van der Waals surface area contributed by atoms with Crippen LogP contribution in [0.4, 0.5) is 5.69 Å². The van der Waals surface area contributed by atoms with Crippen molar-refractivity contribution in [2.75, 3.05) is 18.3 Å². The SMILES string of the molecule is O=C(C[C@H]1CCS(=O)(=O)C1)OCc1cc([N+](=O)[O-])cc2c1OCOC2. The molecule has 25 heavy (non-hydrogen) atoms. The molecule has 1 aromatic carbocycles. The van der Waals surface area contributed by atoms with Crippen molar-refractivity contribution in [1.29, 1.82) is 0 Å². The van der Waals surface area contributed by atoms with E-state index in [2.05, 4.69) is 0 Å². The minimum Gasteiger partial charge on any atom is -0.467 e. The second-order valence-corrected chi connectivity index (χ2v) is 8.32. The summed E-state index contributed by atoms with van der Waals surface area (Å²) in [6.45, 7) is 0.0197. The molecule has 0 amide bonds. The van der Waals surface area contributed by atoms with Crippen molar-refractivity contribution in [3.63, 3.8) is 0 Å². The molecule has 0 N–H and O–H groups in total. The summed E-state index contributed by atoms with van der Waals surface area (Å²) < 4.78 is 38.5. The minimum absolute atomic E-state index is 0.00520. The molecule has 1 aromatic rings. The molecule has 0 saturated carbocycles. The van der Waals surface area contributed by atoms with E-state index >= 15 is 0 Å². The zero-order chi connectivity index (χ0) is 18.0. The first kappa shape index (κ1) is 17.6. The summed E-state index contributed by atoms with van der Waals surface area (Å²) in [7, 11) is -3.05. The van der Waals surface area contributed by atoms with E-state index in [0.717, 1.165) is 0 Å². The van der Waals surface area contributed by atoms with Gasteiger partial charge in [0.1, 0.15) is 12.4 Å². The highest BCUT2D eigenvalue weighted by Crippen LogP contribution is 2.33. The van der Waals surface area contributed by atoms with E-state index in [1.165, 1.54) is 12.1 Å². The van der Waals surface area contributed by atoms with Crippen molar-refractivity contribution in [3.8, 4) is 5.75 Å². The van der Waals surface area contributed by atoms with E-state index in [-0.39, 0.29) is 49.5 Å². The molecular formula is C15H17NO8S. The molecule has 0 radical (unpaired) electrons. The Morgan fingerprint density at radius 1 is 1.40 bits per heavy atom. The molecule has 0 aromatic heterocycles. The standard InChI is InChI=1S/C15H17NO8S/c17-14(3-10-1-2-25(20,21)8-10)23-7-12-5-13(16(18)19)4-11-6-22-9-24-15(11)12/h4-5,10H,1-3,6-9H2/t10-/m1/s1. The summed E-state index contributed by atoms with van der Waals surface area (Å²) in [4.78, 5) is 22.4. The Morgan fingerprint density at radius 2 is 2.20 bits per heavy atom. The number of hydrogen-bond donors (Lipinski definition) is 0. The lowest BCUT2D eigenvalue weighted by Gasteiger charge is -2.20. The van der Waals surface area contributed by atoms with E-state index in [1.54, 1.807) is 0 Å². The van der Waals surface area contributed by atoms with Gasteiger partial charge in [0.25, 0.3) is 5.69 Å². The topological polar surface area (TPSA) is 122 Å². The molecule has 1 fully saturated rings. The number of carbonyl (C=O) groups excluding carboxylic acids is 1. The molecule has 136 valence electrons. The molecule has 2 aliphatic heterocycles. The number of ether oxygens (including phenoxy) is 3. The highest BCUT2D eigenvalue weighted by Gasteiger charge is 2.30. The van der Waals surface area contributed by atoms with Gasteiger partial charge in [-0.1, -0.05) is 0 Å². The van der Waals surface area contributed by atoms with Gasteiger partial charge in [0, 0.05) is 29.7 Å². The van der Waals surface area contributed by atoms with Gasteiger partial charge in [-0.2, -0.15) is 0 Å². The van der Waals surface area contributed by atoms with Crippen LogP contribution >= 0.6 is 0 Å². The highest BCUT2D eigenvalue weighted by atomic mass is 32.2. The number of rotatable bonds is 5. The van der Waals surface area contributed by atoms with Crippen LogP contribution in [0, 0.1) is 16.0 Å². The molecule has 10 heteroatoms. The van der Waals surface area contributed by atoms with Gasteiger partial charge in [0.2, 0.25) is 0 Å². The number of fused-ring (bicyclic) bond motifs is 1. The lowest BCUT2D eigenvalue weighted by atomic mass is 10.1. The lowest BCUT2D eigenvalue weighted by Crippen LogP contribution is -2.16. The smallest absolute Gasteiger partial charge is 0.306 e. The quantitative estimate of drug-likeness (QED) is 0.431. The maximum absolute atomic E-state index is 12.0. The maximum Gasteiger partial charge on any atom is 0.306 e. The van der Waals surface area contributed by atoms with Crippen molar-refractivity contribution < 1.29 is 32.3 Å². The number of nitro groups is 1. The van der Waals surface area contributed by atoms with Crippen LogP contribution in [-0.4, -0.2) is 37.6 Å². The van der Waals surface area contributed by atoms with Gasteiger partial charge in [-0.25, -0.2) is 8.42 Å². The van der Waals surface area contributed by atoms with E-state index in [4.69, 9.17) is 14.2 Å². The Hall–Kier alpha value is -2.20. The monoisotopic (exact) mass is 371 g/mol. The molecule has 1 atom stereocenters. The molecule has 1 saturated heterocycles. The normalized spacial score (nSPS) is 21.2. The second kappa shape index (κ2) is 6.96. The number of non-ortho nitro benzene ring substituents is 1. The molecular weight excluding hydrogens is 354 g/mol. The molecule has 0 unspecified atom stereocenters. The Labute approximate surface area is 143 Å². The van der Waals surface area contributed by atoms with Crippen LogP contribution in [0.15, 0.2) is 12.1 Å². The predicted octanol–water partition coefficient (Wildman–Crippen LogP) is 1.33. The molecule has 2 heterocycles. The summed E-state index contributed by atoms with van der Waals surface area (Å²) in [5.74, 6) is -0.255. The van der Waals surface area contributed by atoms with Gasteiger partial charge in [-0.15, -0.1) is 0 Å². The lowest BCUT2D eigenvalue weighted by molar-refractivity contribution is -0.385. The highest BCUT2D eigenvalue weighted by molar-refractivity contribution is 7.91. The Kier molecular flexibility index (Phi) is 4.91. The number of nitro benzene ring substituents is 1. The first-order chi connectivity index (χ1) is 11.8.